The van der Waals surface area contributed by atoms with E-state index in [4.69, 9.17) is 4.74 Å². The third kappa shape index (κ3) is 2.50. The zero-order valence-corrected chi connectivity index (χ0v) is 9.81. The normalized spacial score (nSPS) is 10.0. The van der Waals surface area contributed by atoms with Crippen LogP contribution in [0, 0.1) is 0 Å². The van der Waals surface area contributed by atoms with Crippen molar-refractivity contribution in [3.8, 4) is 17.0 Å². The molecule has 0 spiro atoms. The van der Waals surface area contributed by atoms with Crippen molar-refractivity contribution in [1.82, 2.24) is 4.98 Å². The first kappa shape index (κ1) is 11.3. The van der Waals surface area contributed by atoms with E-state index in [1.54, 1.807) is 38.4 Å². The molecule has 0 aliphatic carbocycles. The van der Waals surface area contributed by atoms with E-state index in [0.717, 1.165) is 17.0 Å². The predicted octanol–water partition coefficient (Wildman–Crippen LogP) is 2.96. The summed E-state index contributed by atoms with van der Waals surface area (Å²) in [5.41, 5.74) is 2.50. The molecule has 0 unspecified atom stereocenters. The molecule has 0 fully saturated rings. The van der Waals surface area contributed by atoms with Gasteiger partial charge in [-0.3, -0.25) is 9.78 Å². The summed E-state index contributed by atoms with van der Waals surface area (Å²) in [5.74, 6) is 0.834. The topological polar surface area (TPSA) is 39.2 Å². The fourth-order valence-electron chi connectivity index (χ4n) is 1.57. The van der Waals surface area contributed by atoms with Crippen LogP contribution >= 0.6 is 0 Å². The van der Waals surface area contributed by atoms with Crippen LogP contribution in [-0.4, -0.2) is 17.9 Å². The molecule has 0 aliphatic heterocycles. The third-order valence-corrected chi connectivity index (χ3v) is 2.55. The van der Waals surface area contributed by atoms with Gasteiger partial charge in [-0.25, -0.2) is 0 Å². The van der Waals surface area contributed by atoms with Crippen LogP contribution in [0.1, 0.15) is 17.3 Å². The number of pyridine rings is 1. The summed E-state index contributed by atoms with van der Waals surface area (Å²) in [5, 5.41) is 0. The van der Waals surface area contributed by atoms with Crippen molar-refractivity contribution in [2.75, 3.05) is 7.11 Å². The highest BCUT2D eigenvalue weighted by molar-refractivity contribution is 5.94. The summed E-state index contributed by atoms with van der Waals surface area (Å²) >= 11 is 0. The van der Waals surface area contributed by atoms with Crippen LogP contribution in [0.2, 0.25) is 0 Å². The van der Waals surface area contributed by atoms with Crippen LogP contribution in [0.4, 0.5) is 0 Å². The minimum absolute atomic E-state index is 0.0650. The molecule has 3 nitrogen and oxygen atoms in total. The lowest BCUT2D eigenvalue weighted by Crippen LogP contribution is -1.92. The van der Waals surface area contributed by atoms with Gasteiger partial charge in [0.05, 0.1) is 12.8 Å². The summed E-state index contributed by atoms with van der Waals surface area (Å²) in [6.07, 6.45) is 1.70. The highest BCUT2D eigenvalue weighted by atomic mass is 16.5. The van der Waals surface area contributed by atoms with Crippen molar-refractivity contribution in [2.24, 2.45) is 0 Å². The summed E-state index contributed by atoms with van der Waals surface area (Å²) in [4.78, 5) is 15.4. The number of carbonyl (C=O) groups excluding carboxylic acids is 1. The van der Waals surface area contributed by atoms with E-state index in [9.17, 15) is 4.79 Å². The fourth-order valence-corrected chi connectivity index (χ4v) is 1.57. The molecule has 0 radical (unpaired) electrons. The smallest absolute Gasteiger partial charge is 0.159 e. The maximum Gasteiger partial charge on any atom is 0.159 e. The molecule has 3 heteroatoms. The summed E-state index contributed by atoms with van der Waals surface area (Å²) in [6, 6.07) is 11.0. The number of hydrogen-bond acceptors (Lipinski definition) is 3. The molecule has 2 rings (SSSR count). The molecule has 86 valence electrons. The van der Waals surface area contributed by atoms with Crippen LogP contribution in [-0.2, 0) is 0 Å². The van der Waals surface area contributed by atoms with E-state index in [1.807, 2.05) is 18.2 Å². The molecule has 0 bridgehead atoms. The highest BCUT2D eigenvalue weighted by Crippen LogP contribution is 2.21. The van der Waals surface area contributed by atoms with Gasteiger partial charge in [0.25, 0.3) is 0 Å². The minimum Gasteiger partial charge on any atom is -0.497 e. The second-order valence-electron chi connectivity index (χ2n) is 3.71. The van der Waals surface area contributed by atoms with Gasteiger partial charge >= 0.3 is 0 Å². The Kier molecular flexibility index (Phi) is 3.19. The number of benzene rings is 1. The summed E-state index contributed by atoms with van der Waals surface area (Å²) in [6.45, 7) is 1.55. The monoisotopic (exact) mass is 227 g/mol. The largest absolute Gasteiger partial charge is 0.497 e. The minimum atomic E-state index is 0.0650. The van der Waals surface area contributed by atoms with Gasteiger partial charge in [0.1, 0.15) is 5.75 Å². The third-order valence-electron chi connectivity index (χ3n) is 2.55. The van der Waals surface area contributed by atoms with Gasteiger partial charge in [0.2, 0.25) is 0 Å². The Bertz CT molecular complexity index is 532. The highest BCUT2D eigenvalue weighted by Gasteiger charge is 2.03. The first-order valence-electron chi connectivity index (χ1n) is 5.32. The summed E-state index contributed by atoms with van der Waals surface area (Å²) in [7, 11) is 1.62. The van der Waals surface area contributed by atoms with Crippen molar-refractivity contribution in [3.05, 3.63) is 48.2 Å². The standard InChI is InChI=1S/C14H13NO2/c1-10(16)11-3-5-12(6-4-11)14-9-13(17-2)7-8-15-14/h3-9H,1-2H3. The first-order chi connectivity index (χ1) is 8.20. The van der Waals surface area contributed by atoms with E-state index in [1.165, 1.54) is 0 Å². The number of carbonyl (C=O) groups is 1. The quantitative estimate of drug-likeness (QED) is 0.757. The van der Waals surface area contributed by atoms with Gasteiger partial charge in [-0.1, -0.05) is 24.3 Å². The van der Waals surface area contributed by atoms with E-state index in [-0.39, 0.29) is 5.78 Å². The maximum atomic E-state index is 11.2. The van der Waals surface area contributed by atoms with Gasteiger partial charge in [-0.05, 0) is 13.0 Å². The molecule has 0 aliphatic rings. The fraction of sp³-hybridized carbons (Fsp3) is 0.143. The Hall–Kier alpha value is -2.16. The van der Waals surface area contributed by atoms with Crippen molar-refractivity contribution >= 4 is 5.78 Å². The maximum absolute atomic E-state index is 11.2. The number of aromatic nitrogens is 1. The zero-order valence-electron chi connectivity index (χ0n) is 9.81. The molecular formula is C14H13NO2. The molecular weight excluding hydrogens is 214 g/mol. The van der Waals surface area contributed by atoms with E-state index >= 15 is 0 Å². The second-order valence-corrected chi connectivity index (χ2v) is 3.71. The molecule has 1 heterocycles. The zero-order chi connectivity index (χ0) is 12.3. The van der Waals surface area contributed by atoms with Gasteiger partial charge in [0.15, 0.2) is 5.78 Å². The molecule has 2 aromatic rings. The molecule has 0 atom stereocenters. The van der Waals surface area contributed by atoms with Crippen molar-refractivity contribution in [1.29, 1.82) is 0 Å². The molecule has 1 aromatic carbocycles. The number of methoxy groups -OCH3 is 1. The van der Waals surface area contributed by atoms with Crippen LogP contribution in [0.25, 0.3) is 11.3 Å². The van der Waals surface area contributed by atoms with Gasteiger partial charge in [-0.2, -0.15) is 0 Å². The lowest BCUT2D eigenvalue weighted by atomic mass is 10.1. The van der Waals surface area contributed by atoms with Gasteiger partial charge in [0, 0.05) is 23.4 Å². The number of hydrogen-bond donors (Lipinski definition) is 0. The lowest BCUT2D eigenvalue weighted by Gasteiger charge is -2.04. The van der Waals surface area contributed by atoms with Crippen LogP contribution in [0.3, 0.4) is 0 Å². The second kappa shape index (κ2) is 4.78. The molecule has 0 saturated carbocycles. The average Bonchev–Trinajstić information content (AvgIpc) is 2.39. The van der Waals surface area contributed by atoms with Crippen molar-refractivity contribution in [3.63, 3.8) is 0 Å². The first-order valence-corrected chi connectivity index (χ1v) is 5.32. The van der Waals surface area contributed by atoms with E-state index < -0.39 is 0 Å². The van der Waals surface area contributed by atoms with E-state index in [0.29, 0.717) is 5.56 Å². The molecule has 0 saturated heterocycles. The Morgan fingerprint density at radius 1 is 1.18 bits per heavy atom. The molecule has 17 heavy (non-hydrogen) atoms. The van der Waals surface area contributed by atoms with Crippen LogP contribution in [0.5, 0.6) is 5.75 Å². The van der Waals surface area contributed by atoms with Crippen molar-refractivity contribution < 1.29 is 9.53 Å². The number of Topliss-reactive ketones (excluding diaryl/α,β-unsaturated/α-hetero) is 1. The SMILES string of the molecule is COc1ccnc(-c2ccc(C(C)=O)cc2)c1. The average molecular weight is 227 g/mol. The van der Waals surface area contributed by atoms with Gasteiger partial charge in [-0.15, -0.1) is 0 Å². The van der Waals surface area contributed by atoms with Crippen molar-refractivity contribution in [2.45, 2.75) is 6.92 Å². The molecule has 0 amide bonds. The number of nitrogens with zero attached hydrogens (tertiary/aromatic N) is 1. The molecule has 0 N–H and O–H groups in total. The predicted molar refractivity (Wildman–Crippen MR) is 66.2 cm³/mol. The summed E-state index contributed by atoms with van der Waals surface area (Å²) < 4.78 is 5.14. The number of rotatable bonds is 3. The Morgan fingerprint density at radius 3 is 2.47 bits per heavy atom. The van der Waals surface area contributed by atoms with Gasteiger partial charge < -0.3 is 4.74 Å². The van der Waals surface area contributed by atoms with Crippen LogP contribution < -0.4 is 4.74 Å². The Balaban J connectivity index is 2.36. The molecule has 1 aromatic heterocycles. The lowest BCUT2D eigenvalue weighted by molar-refractivity contribution is 0.101. The number of ether oxygens (including phenoxy) is 1. The Labute approximate surface area is 100 Å². The number of ketones is 1. The van der Waals surface area contributed by atoms with Crippen LogP contribution in [0.15, 0.2) is 42.6 Å². The Morgan fingerprint density at radius 2 is 1.88 bits per heavy atom. The van der Waals surface area contributed by atoms with E-state index in [2.05, 4.69) is 4.98 Å².